The first-order chi connectivity index (χ1) is 6.29. The van der Waals surface area contributed by atoms with Gasteiger partial charge >= 0.3 is 0 Å². The topological polar surface area (TPSA) is 46.5 Å². The van der Waals surface area contributed by atoms with E-state index in [1.165, 1.54) is 0 Å². The lowest BCUT2D eigenvalue weighted by molar-refractivity contribution is 0.358. The van der Waals surface area contributed by atoms with E-state index in [0.29, 0.717) is 22.8 Å². The first kappa shape index (κ1) is 8.47. The highest BCUT2D eigenvalue weighted by atomic mass is 32.2. The molecule has 1 aliphatic rings. The maximum Gasteiger partial charge on any atom is 0.187 e. The normalized spacial score (nSPS) is 16.8. The molecule has 0 aliphatic carbocycles. The highest BCUT2D eigenvalue weighted by Gasteiger charge is 2.16. The molecule has 0 saturated carbocycles. The molecule has 2 rings (SSSR count). The van der Waals surface area contributed by atoms with Crippen molar-refractivity contribution in [3.8, 4) is 5.75 Å². The van der Waals surface area contributed by atoms with Crippen LogP contribution in [0, 0.1) is 0 Å². The lowest BCUT2D eigenvalue weighted by Crippen LogP contribution is -2.06. The van der Waals surface area contributed by atoms with E-state index in [-0.39, 0.29) is 0 Å². The molecule has 0 fully saturated rings. The Balaban J connectivity index is 2.53. The summed E-state index contributed by atoms with van der Waals surface area (Å²) in [6, 6.07) is 7.21. The lowest BCUT2D eigenvalue weighted by atomic mass is 10.1. The summed E-state index contributed by atoms with van der Waals surface area (Å²) in [5.74, 6) is 0.669. The van der Waals surface area contributed by atoms with Crippen LogP contribution in [0.3, 0.4) is 0 Å². The smallest absolute Gasteiger partial charge is 0.187 e. The van der Waals surface area contributed by atoms with Crippen LogP contribution in [0.15, 0.2) is 30.3 Å². The number of ether oxygens (including phenoxy) is 1. The first-order valence-corrected chi connectivity index (χ1v) is 4.93. The Morgan fingerprint density at radius 1 is 1.38 bits per heavy atom. The summed E-state index contributed by atoms with van der Waals surface area (Å²) in [7, 11) is 0. The van der Waals surface area contributed by atoms with Crippen LogP contribution in [0.4, 0.5) is 0 Å². The number of fused-ring (bicyclic) bond motifs is 1. The molecule has 1 aliphatic heterocycles. The van der Waals surface area contributed by atoms with E-state index >= 15 is 0 Å². The minimum absolute atomic E-state index is 0.360. The molecule has 0 bridgehead atoms. The van der Waals surface area contributed by atoms with E-state index in [0.717, 1.165) is 0 Å². The van der Waals surface area contributed by atoms with Crippen LogP contribution in [0.1, 0.15) is 5.56 Å². The van der Waals surface area contributed by atoms with Gasteiger partial charge in [-0.25, -0.2) is 4.21 Å². The van der Waals surface area contributed by atoms with E-state index in [9.17, 15) is 4.21 Å². The van der Waals surface area contributed by atoms with Crippen LogP contribution in [0.2, 0.25) is 0 Å². The van der Waals surface area contributed by atoms with Gasteiger partial charge in [0.15, 0.2) is 11.1 Å². The molecule has 1 N–H and O–H groups in total. The lowest BCUT2D eigenvalue weighted by Gasteiger charge is -2.15. The number of hydrogen-bond acceptors (Lipinski definition) is 2. The molecule has 3 nitrogen and oxygen atoms in total. The number of benzene rings is 1. The summed E-state index contributed by atoms with van der Waals surface area (Å²) >= 11 is -1.93. The Kier molecular flexibility index (Phi) is 2.16. The second-order valence-electron chi connectivity index (χ2n) is 2.62. The van der Waals surface area contributed by atoms with Crippen molar-refractivity contribution in [2.24, 2.45) is 0 Å². The number of rotatable bonds is 1. The second kappa shape index (κ2) is 3.32. The maximum absolute atomic E-state index is 10.9. The second-order valence-corrected chi connectivity index (χ2v) is 3.56. The highest BCUT2D eigenvalue weighted by molar-refractivity contribution is 7.89. The minimum atomic E-state index is -1.93. The Morgan fingerprint density at radius 2 is 2.15 bits per heavy atom. The summed E-state index contributed by atoms with van der Waals surface area (Å²) in [5, 5.41) is 0. The Morgan fingerprint density at radius 3 is 2.92 bits per heavy atom. The Hall–Kier alpha value is -1.13. The largest absolute Gasteiger partial charge is 0.489 e. The first-order valence-electron chi connectivity index (χ1n) is 3.82. The van der Waals surface area contributed by atoms with Crippen LogP contribution < -0.4 is 4.74 Å². The van der Waals surface area contributed by atoms with Crippen LogP contribution in [-0.2, 0) is 11.1 Å². The molecule has 1 aromatic carbocycles. The molecule has 0 spiro atoms. The zero-order chi connectivity index (χ0) is 9.26. The predicted octanol–water partition coefficient (Wildman–Crippen LogP) is 1.64. The van der Waals surface area contributed by atoms with E-state index in [1.54, 1.807) is 18.2 Å². The summed E-state index contributed by atoms with van der Waals surface area (Å²) in [5.41, 5.74) is 0.703. The Labute approximate surface area is 78.3 Å². The van der Waals surface area contributed by atoms with Gasteiger partial charge in [0.25, 0.3) is 0 Å². The van der Waals surface area contributed by atoms with Crippen LogP contribution >= 0.6 is 0 Å². The van der Waals surface area contributed by atoms with Crippen LogP contribution in [0.5, 0.6) is 5.75 Å². The third-order valence-corrected chi connectivity index (χ3v) is 2.61. The van der Waals surface area contributed by atoms with Gasteiger partial charge in [-0.1, -0.05) is 12.1 Å². The zero-order valence-electron chi connectivity index (χ0n) is 6.77. The van der Waals surface area contributed by atoms with Crippen molar-refractivity contribution >= 4 is 16.0 Å². The summed E-state index contributed by atoms with van der Waals surface area (Å²) in [6.07, 6.45) is 1.62. The summed E-state index contributed by atoms with van der Waals surface area (Å²) < 4.78 is 25.2. The van der Waals surface area contributed by atoms with E-state index < -0.39 is 11.1 Å². The molecule has 0 radical (unpaired) electrons. The van der Waals surface area contributed by atoms with Gasteiger partial charge in [0.2, 0.25) is 0 Å². The fraction of sp³-hybridized carbons (Fsp3) is 0.111. The average molecular weight is 196 g/mol. The SMILES string of the molecule is O=S(O)C1=CCOc2ccccc21. The van der Waals surface area contributed by atoms with Crippen molar-refractivity contribution in [1.82, 2.24) is 0 Å². The molecular weight excluding hydrogens is 188 g/mol. The van der Waals surface area contributed by atoms with Gasteiger partial charge in [-0.15, -0.1) is 0 Å². The molecule has 68 valence electrons. The van der Waals surface area contributed by atoms with Crippen LogP contribution in [-0.4, -0.2) is 15.4 Å². The number of hydrogen-bond donors (Lipinski definition) is 1. The minimum Gasteiger partial charge on any atom is -0.489 e. The molecular formula is C9H8O3S. The third-order valence-electron chi connectivity index (χ3n) is 1.85. The molecule has 1 unspecified atom stereocenters. The van der Waals surface area contributed by atoms with E-state index in [2.05, 4.69) is 0 Å². The molecule has 1 atom stereocenters. The van der Waals surface area contributed by atoms with E-state index in [4.69, 9.17) is 9.29 Å². The van der Waals surface area contributed by atoms with Crippen molar-refractivity contribution in [2.75, 3.05) is 6.61 Å². The van der Waals surface area contributed by atoms with Gasteiger partial charge in [-0.3, -0.25) is 0 Å². The molecule has 0 aromatic heterocycles. The highest BCUT2D eigenvalue weighted by Crippen LogP contribution is 2.30. The van der Waals surface area contributed by atoms with Crippen molar-refractivity contribution in [2.45, 2.75) is 0 Å². The average Bonchev–Trinajstić information content (AvgIpc) is 2.17. The maximum atomic E-state index is 10.9. The third kappa shape index (κ3) is 1.50. The van der Waals surface area contributed by atoms with Gasteiger partial charge in [0.1, 0.15) is 12.4 Å². The fourth-order valence-electron chi connectivity index (χ4n) is 1.28. The Bertz CT molecular complexity index is 384. The van der Waals surface area contributed by atoms with Crippen molar-refractivity contribution in [3.63, 3.8) is 0 Å². The predicted molar refractivity (Wildman–Crippen MR) is 50.7 cm³/mol. The zero-order valence-corrected chi connectivity index (χ0v) is 7.58. The van der Waals surface area contributed by atoms with Crippen molar-refractivity contribution in [1.29, 1.82) is 0 Å². The van der Waals surface area contributed by atoms with Crippen molar-refractivity contribution in [3.05, 3.63) is 35.9 Å². The van der Waals surface area contributed by atoms with E-state index in [1.807, 2.05) is 12.1 Å². The van der Waals surface area contributed by atoms with Gasteiger partial charge < -0.3 is 9.29 Å². The standard InChI is InChI=1S/C9H8O3S/c10-13(11)9-5-6-12-8-4-2-1-3-7(8)9/h1-5H,6H2,(H,10,11). The monoisotopic (exact) mass is 196 g/mol. The summed E-state index contributed by atoms with van der Waals surface area (Å²) in [4.78, 5) is 0.432. The van der Waals surface area contributed by atoms with Gasteiger partial charge in [-0.05, 0) is 18.2 Å². The van der Waals surface area contributed by atoms with Gasteiger partial charge in [0, 0.05) is 5.56 Å². The van der Waals surface area contributed by atoms with Crippen molar-refractivity contribution < 1.29 is 13.5 Å². The molecule has 0 amide bonds. The molecule has 1 heterocycles. The molecule has 1 aromatic rings. The van der Waals surface area contributed by atoms with Gasteiger partial charge in [0.05, 0.1) is 4.91 Å². The molecule has 0 saturated heterocycles. The van der Waals surface area contributed by atoms with Gasteiger partial charge in [-0.2, -0.15) is 0 Å². The fourth-order valence-corrected chi connectivity index (χ4v) is 1.85. The quantitative estimate of drug-likeness (QED) is 0.694. The molecule has 4 heteroatoms. The van der Waals surface area contributed by atoms with Crippen LogP contribution in [0.25, 0.3) is 4.91 Å². The summed E-state index contributed by atoms with van der Waals surface area (Å²) in [6.45, 7) is 0.360. The number of para-hydroxylation sites is 1. The molecule has 13 heavy (non-hydrogen) atoms.